The number of rotatable bonds is 1. The number of aromatic nitrogens is 6. The van der Waals surface area contributed by atoms with Crippen LogP contribution in [-0.2, 0) is 7.05 Å². The summed E-state index contributed by atoms with van der Waals surface area (Å²) in [5, 5.41) is 4.18. The zero-order chi connectivity index (χ0) is 12.0. The van der Waals surface area contributed by atoms with Gasteiger partial charge < -0.3 is 10.7 Å². The molecule has 0 amide bonds. The third kappa shape index (κ3) is 1.46. The number of nitrogens with one attached hydrogen (secondary N) is 2. The summed E-state index contributed by atoms with van der Waals surface area (Å²) >= 11 is 0. The minimum absolute atomic E-state index is 0.0431. The molecule has 3 aromatic rings. The van der Waals surface area contributed by atoms with Crippen molar-refractivity contribution in [1.29, 1.82) is 0 Å². The second-order valence-electron chi connectivity index (χ2n) is 3.61. The minimum atomic E-state index is -0.345. The predicted molar refractivity (Wildman–Crippen MR) is 61.1 cm³/mol. The Kier molecular flexibility index (Phi) is 1.79. The van der Waals surface area contributed by atoms with Gasteiger partial charge >= 0.3 is 0 Å². The number of aromatic amines is 2. The smallest absolute Gasteiger partial charge is 0.278 e. The molecule has 17 heavy (non-hydrogen) atoms. The molecule has 3 heterocycles. The van der Waals surface area contributed by atoms with E-state index in [0.29, 0.717) is 17.0 Å². The molecule has 8 nitrogen and oxygen atoms in total. The van der Waals surface area contributed by atoms with Gasteiger partial charge in [-0.15, -0.1) is 0 Å². The van der Waals surface area contributed by atoms with Gasteiger partial charge in [0.15, 0.2) is 17.0 Å². The maximum absolute atomic E-state index is 11.6. The second kappa shape index (κ2) is 3.17. The van der Waals surface area contributed by atoms with Gasteiger partial charge in [-0.25, -0.2) is 4.98 Å². The summed E-state index contributed by atoms with van der Waals surface area (Å²) in [6.45, 7) is 0. The van der Waals surface area contributed by atoms with Crippen LogP contribution >= 0.6 is 0 Å². The van der Waals surface area contributed by atoms with Crippen LogP contribution in [0.1, 0.15) is 0 Å². The van der Waals surface area contributed by atoms with Gasteiger partial charge in [0.25, 0.3) is 5.56 Å². The summed E-state index contributed by atoms with van der Waals surface area (Å²) in [6.07, 6.45) is 1.79. The first kappa shape index (κ1) is 9.58. The second-order valence-corrected chi connectivity index (χ2v) is 3.61. The van der Waals surface area contributed by atoms with E-state index >= 15 is 0 Å². The molecule has 8 heteroatoms. The number of hydrogen-bond donors (Lipinski definition) is 3. The Balaban J connectivity index is 2.27. The molecule has 3 rings (SSSR count). The highest BCUT2D eigenvalue weighted by molar-refractivity contribution is 5.74. The van der Waals surface area contributed by atoms with Crippen LogP contribution in [0.3, 0.4) is 0 Å². The summed E-state index contributed by atoms with van der Waals surface area (Å²) < 4.78 is 1.65. The lowest BCUT2D eigenvalue weighted by Crippen LogP contribution is -2.10. The summed E-state index contributed by atoms with van der Waals surface area (Å²) in [4.78, 5) is 25.0. The molecular weight excluding hydrogens is 222 g/mol. The third-order valence-electron chi connectivity index (χ3n) is 2.34. The molecule has 3 aromatic heterocycles. The van der Waals surface area contributed by atoms with Crippen molar-refractivity contribution in [2.45, 2.75) is 0 Å². The Morgan fingerprint density at radius 3 is 2.88 bits per heavy atom. The highest BCUT2D eigenvalue weighted by atomic mass is 16.1. The maximum atomic E-state index is 11.6. The van der Waals surface area contributed by atoms with Crippen LogP contribution < -0.4 is 11.3 Å². The molecule has 0 aromatic carbocycles. The largest absolute Gasteiger partial charge is 0.369 e. The highest BCUT2D eigenvalue weighted by Gasteiger charge is 2.11. The van der Waals surface area contributed by atoms with Crippen molar-refractivity contribution in [3.63, 3.8) is 0 Å². The van der Waals surface area contributed by atoms with Crippen molar-refractivity contribution >= 4 is 17.1 Å². The zero-order valence-electron chi connectivity index (χ0n) is 8.93. The van der Waals surface area contributed by atoms with Crippen molar-refractivity contribution in [2.75, 3.05) is 5.73 Å². The fourth-order valence-corrected chi connectivity index (χ4v) is 1.59. The van der Waals surface area contributed by atoms with Gasteiger partial charge in [-0.1, -0.05) is 0 Å². The number of nitrogen functional groups attached to an aromatic ring is 1. The molecule has 4 N–H and O–H groups in total. The number of hydrogen-bond acceptors (Lipinski definition) is 5. The summed E-state index contributed by atoms with van der Waals surface area (Å²) in [6, 6.07) is 1.79. The van der Waals surface area contributed by atoms with E-state index in [2.05, 4.69) is 25.0 Å². The van der Waals surface area contributed by atoms with Crippen LogP contribution in [0.25, 0.3) is 22.7 Å². The van der Waals surface area contributed by atoms with Gasteiger partial charge in [0.05, 0.1) is 0 Å². The number of imidazole rings is 1. The molecule has 0 radical (unpaired) electrons. The summed E-state index contributed by atoms with van der Waals surface area (Å²) in [5.74, 6) is 0.533. The lowest BCUT2D eigenvalue weighted by atomic mass is 10.4. The van der Waals surface area contributed by atoms with E-state index in [4.69, 9.17) is 5.73 Å². The minimum Gasteiger partial charge on any atom is -0.369 e. The number of H-pyrrole nitrogens is 2. The van der Waals surface area contributed by atoms with E-state index in [9.17, 15) is 4.79 Å². The molecule has 0 saturated heterocycles. The van der Waals surface area contributed by atoms with Crippen molar-refractivity contribution in [2.24, 2.45) is 7.05 Å². The highest BCUT2D eigenvalue weighted by Crippen LogP contribution is 2.15. The first-order valence-electron chi connectivity index (χ1n) is 4.89. The van der Waals surface area contributed by atoms with Crippen LogP contribution in [0.2, 0.25) is 0 Å². The van der Waals surface area contributed by atoms with Gasteiger partial charge in [-0.2, -0.15) is 10.1 Å². The van der Waals surface area contributed by atoms with Crippen LogP contribution in [0, 0.1) is 0 Å². The molecule has 0 aliphatic heterocycles. The fourth-order valence-electron chi connectivity index (χ4n) is 1.59. The van der Waals surface area contributed by atoms with Gasteiger partial charge in [0.1, 0.15) is 5.69 Å². The fraction of sp³-hybridized carbons (Fsp3) is 0.111. The average Bonchev–Trinajstić information content (AvgIpc) is 2.83. The molecular formula is C9H9N7O. The molecule has 0 aliphatic carbocycles. The average molecular weight is 231 g/mol. The molecule has 86 valence electrons. The molecule has 0 unspecified atom stereocenters. The number of fused-ring (bicyclic) bond motifs is 1. The molecule has 0 fully saturated rings. The van der Waals surface area contributed by atoms with Crippen molar-refractivity contribution in [1.82, 2.24) is 29.7 Å². The maximum Gasteiger partial charge on any atom is 0.278 e. The number of anilines is 1. The Labute approximate surface area is 94.5 Å². The predicted octanol–water partition coefficient (Wildman–Crippen LogP) is -0.371. The monoisotopic (exact) mass is 231 g/mol. The van der Waals surface area contributed by atoms with Crippen LogP contribution in [0.5, 0.6) is 0 Å². The number of aryl methyl sites for hydroxylation is 1. The van der Waals surface area contributed by atoms with E-state index < -0.39 is 0 Å². The van der Waals surface area contributed by atoms with E-state index in [0.717, 1.165) is 0 Å². The molecule has 0 spiro atoms. The Morgan fingerprint density at radius 2 is 2.18 bits per heavy atom. The third-order valence-corrected chi connectivity index (χ3v) is 2.34. The molecule has 0 bridgehead atoms. The van der Waals surface area contributed by atoms with Crippen molar-refractivity contribution in [3.05, 3.63) is 22.6 Å². The van der Waals surface area contributed by atoms with Gasteiger partial charge in [-0.05, 0) is 6.07 Å². The van der Waals surface area contributed by atoms with E-state index in [1.165, 1.54) is 0 Å². The lowest BCUT2D eigenvalue weighted by molar-refractivity contribution is 0.769. The van der Waals surface area contributed by atoms with Crippen LogP contribution in [0.4, 0.5) is 5.95 Å². The van der Waals surface area contributed by atoms with Crippen LogP contribution in [-0.4, -0.2) is 29.7 Å². The molecule has 0 aliphatic rings. The Hall–Kier alpha value is -2.64. The van der Waals surface area contributed by atoms with Gasteiger partial charge in [0.2, 0.25) is 5.95 Å². The van der Waals surface area contributed by atoms with E-state index in [1.54, 1.807) is 24.0 Å². The number of nitrogens with two attached hydrogens (primary N) is 1. The molecule has 0 saturated carbocycles. The normalized spacial score (nSPS) is 11.1. The quantitative estimate of drug-likeness (QED) is 0.528. The lowest BCUT2D eigenvalue weighted by Gasteiger charge is -1.89. The standard InChI is InChI=1S/C9H9N7O/c1-16-3-2-4(15-16)6-11-5-7(12-6)13-9(10)14-8(5)17/h2-3H,1H3,(H4,10,11,12,13,14,17). The van der Waals surface area contributed by atoms with E-state index in [-0.39, 0.29) is 17.2 Å². The van der Waals surface area contributed by atoms with Gasteiger partial charge in [-0.3, -0.25) is 14.5 Å². The van der Waals surface area contributed by atoms with Gasteiger partial charge in [0, 0.05) is 13.2 Å². The summed E-state index contributed by atoms with van der Waals surface area (Å²) in [7, 11) is 1.80. The van der Waals surface area contributed by atoms with E-state index in [1.807, 2.05) is 0 Å². The first-order valence-corrected chi connectivity index (χ1v) is 4.89. The number of nitrogens with zero attached hydrogens (tertiary/aromatic N) is 4. The SMILES string of the molecule is Cn1ccc(-c2nc3nc(N)[nH]c(=O)c3[nH]2)n1. The first-order chi connectivity index (χ1) is 8.13. The van der Waals surface area contributed by atoms with Crippen LogP contribution in [0.15, 0.2) is 17.1 Å². The zero-order valence-corrected chi connectivity index (χ0v) is 8.93. The van der Waals surface area contributed by atoms with Crippen molar-refractivity contribution in [3.8, 4) is 11.5 Å². The Morgan fingerprint density at radius 1 is 1.35 bits per heavy atom. The van der Waals surface area contributed by atoms with Crippen molar-refractivity contribution < 1.29 is 0 Å². The Bertz CT molecular complexity index is 750. The topological polar surface area (TPSA) is 118 Å². The molecule has 0 atom stereocenters. The summed E-state index contributed by atoms with van der Waals surface area (Å²) in [5.41, 5.74) is 6.31.